The van der Waals surface area contributed by atoms with Crippen LogP contribution in [-0.4, -0.2) is 6.21 Å². The van der Waals surface area contributed by atoms with Crippen molar-refractivity contribution in [3.63, 3.8) is 0 Å². The van der Waals surface area contributed by atoms with Crippen molar-refractivity contribution in [3.8, 4) is 0 Å². The molecule has 9 heavy (non-hydrogen) atoms. The maximum atomic E-state index is 6.74. The van der Waals surface area contributed by atoms with Gasteiger partial charge in [-0.15, -0.1) is 0 Å². The zero-order chi connectivity index (χ0) is 7.11. The third kappa shape index (κ3) is 5.01. The molecule has 0 atom stereocenters. The third-order valence-electron chi connectivity index (χ3n) is 1.04. The second-order valence-corrected chi connectivity index (χ2v) is 1.95. The summed E-state index contributed by atoms with van der Waals surface area (Å²) in [6.45, 7) is 4.02. The molecule has 0 aliphatic heterocycles. The van der Waals surface area contributed by atoms with Gasteiger partial charge in [0.2, 0.25) is 0 Å². The molecule has 0 aliphatic carbocycles. The van der Waals surface area contributed by atoms with Crippen LogP contribution < -0.4 is 0 Å². The van der Waals surface area contributed by atoms with Gasteiger partial charge in [-0.2, -0.15) is 0 Å². The molecule has 0 saturated carbocycles. The molecule has 0 spiro atoms. The van der Waals surface area contributed by atoms with Gasteiger partial charge in [-0.1, -0.05) is 17.7 Å². The molecular formula is C8H13N. The standard InChI is InChI=1S/C8H13N/c1-3-4-5-8(2)6-7-9/h3-4,6-7,9H,5H2,1-2H3/b4-3-,8-6+,9-7?. The van der Waals surface area contributed by atoms with Crippen molar-refractivity contribution < 1.29 is 0 Å². The van der Waals surface area contributed by atoms with E-state index in [2.05, 4.69) is 6.08 Å². The first-order valence-electron chi connectivity index (χ1n) is 3.08. The highest BCUT2D eigenvalue weighted by Crippen LogP contribution is 1.98. The first kappa shape index (κ1) is 8.15. The summed E-state index contributed by atoms with van der Waals surface area (Å²) in [7, 11) is 0. The molecule has 0 radical (unpaired) electrons. The molecule has 1 nitrogen and oxygen atoms in total. The number of rotatable bonds is 3. The maximum absolute atomic E-state index is 6.74. The Morgan fingerprint density at radius 2 is 2.22 bits per heavy atom. The Kier molecular flexibility index (Phi) is 4.79. The van der Waals surface area contributed by atoms with Crippen molar-refractivity contribution in [2.75, 3.05) is 0 Å². The Bertz CT molecular complexity index is 132. The summed E-state index contributed by atoms with van der Waals surface area (Å²) in [6, 6.07) is 0. The molecule has 1 N–H and O–H groups in total. The van der Waals surface area contributed by atoms with Gasteiger partial charge in [0.25, 0.3) is 0 Å². The zero-order valence-corrected chi connectivity index (χ0v) is 6.02. The summed E-state index contributed by atoms with van der Waals surface area (Å²) >= 11 is 0. The monoisotopic (exact) mass is 123 g/mol. The van der Waals surface area contributed by atoms with Crippen molar-refractivity contribution in [2.45, 2.75) is 20.3 Å². The summed E-state index contributed by atoms with van der Waals surface area (Å²) in [6.07, 6.45) is 8.18. The molecule has 0 aromatic carbocycles. The number of hydrogen-bond acceptors (Lipinski definition) is 1. The number of allylic oxidation sites excluding steroid dienone is 4. The Labute approximate surface area is 56.6 Å². The van der Waals surface area contributed by atoms with Crippen LogP contribution in [0.5, 0.6) is 0 Å². The summed E-state index contributed by atoms with van der Waals surface area (Å²) < 4.78 is 0. The maximum Gasteiger partial charge on any atom is 0.0177 e. The van der Waals surface area contributed by atoms with E-state index < -0.39 is 0 Å². The zero-order valence-electron chi connectivity index (χ0n) is 6.02. The fourth-order valence-corrected chi connectivity index (χ4v) is 0.514. The predicted octanol–water partition coefficient (Wildman–Crippen LogP) is 2.55. The molecule has 0 saturated heterocycles. The lowest BCUT2D eigenvalue weighted by molar-refractivity contribution is 1.21. The van der Waals surface area contributed by atoms with Crippen LogP contribution in [0.3, 0.4) is 0 Å². The minimum Gasteiger partial charge on any atom is -0.309 e. The second kappa shape index (κ2) is 5.29. The van der Waals surface area contributed by atoms with Crippen LogP contribution >= 0.6 is 0 Å². The quantitative estimate of drug-likeness (QED) is 0.440. The highest BCUT2D eigenvalue weighted by atomic mass is 14.3. The third-order valence-corrected chi connectivity index (χ3v) is 1.04. The molecular weight excluding hydrogens is 110 g/mol. The van der Waals surface area contributed by atoms with E-state index in [1.54, 1.807) is 6.08 Å². The fraction of sp³-hybridized carbons (Fsp3) is 0.375. The van der Waals surface area contributed by atoms with Gasteiger partial charge in [-0.25, -0.2) is 0 Å². The van der Waals surface area contributed by atoms with E-state index in [-0.39, 0.29) is 0 Å². The van der Waals surface area contributed by atoms with Gasteiger partial charge >= 0.3 is 0 Å². The molecule has 0 aromatic rings. The lowest BCUT2D eigenvalue weighted by Gasteiger charge is -1.89. The van der Waals surface area contributed by atoms with Crippen molar-refractivity contribution in [1.29, 1.82) is 5.41 Å². The van der Waals surface area contributed by atoms with Crippen LogP contribution in [0.25, 0.3) is 0 Å². The molecule has 0 amide bonds. The topological polar surface area (TPSA) is 23.9 Å². The van der Waals surface area contributed by atoms with E-state index in [1.165, 1.54) is 11.8 Å². The highest BCUT2D eigenvalue weighted by Gasteiger charge is 1.79. The molecule has 0 heterocycles. The lowest BCUT2D eigenvalue weighted by Crippen LogP contribution is -1.72. The van der Waals surface area contributed by atoms with Gasteiger partial charge in [0.15, 0.2) is 0 Å². The predicted molar refractivity (Wildman–Crippen MR) is 42.0 cm³/mol. The molecule has 0 aliphatic rings. The van der Waals surface area contributed by atoms with Gasteiger partial charge in [-0.05, 0) is 26.3 Å². The summed E-state index contributed by atoms with van der Waals surface area (Å²) in [5, 5.41) is 6.74. The smallest absolute Gasteiger partial charge is 0.0177 e. The van der Waals surface area contributed by atoms with E-state index in [9.17, 15) is 0 Å². The first-order valence-corrected chi connectivity index (χ1v) is 3.08. The van der Waals surface area contributed by atoms with Gasteiger partial charge in [0, 0.05) is 6.21 Å². The summed E-state index contributed by atoms with van der Waals surface area (Å²) in [4.78, 5) is 0. The van der Waals surface area contributed by atoms with E-state index in [4.69, 9.17) is 5.41 Å². The van der Waals surface area contributed by atoms with Crippen LogP contribution in [0.4, 0.5) is 0 Å². The second-order valence-electron chi connectivity index (χ2n) is 1.95. The average Bonchev–Trinajstić information content (AvgIpc) is 1.85. The Morgan fingerprint density at radius 3 is 2.67 bits per heavy atom. The van der Waals surface area contributed by atoms with Crippen LogP contribution in [0.15, 0.2) is 23.8 Å². The average molecular weight is 123 g/mol. The van der Waals surface area contributed by atoms with Crippen LogP contribution in [-0.2, 0) is 0 Å². The first-order chi connectivity index (χ1) is 4.31. The van der Waals surface area contributed by atoms with Gasteiger partial charge in [0.1, 0.15) is 0 Å². The van der Waals surface area contributed by atoms with Crippen LogP contribution in [0, 0.1) is 5.41 Å². The number of nitrogens with one attached hydrogen (secondary N) is 1. The SMILES string of the molecule is C/C=C\C/C(C)=C/C=N. The Morgan fingerprint density at radius 1 is 1.56 bits per heavy atom. The Balaban J connectivity index is 3.61. The number of hydrogen-bond donors (Lipinski definition) is 1. The van der Waals surface area contributed by atoms with Crippen LogP contribution in [0.2, 0.25) is 0 Å². The van der Waals surface area contributed by atoms with Crippen molar-refractivity contribution in [1.82, 2.24) is 0 Å². The fourth-order valence-electron chi connectivity index (χ4n) is 0.514. The van der Waals surface area contributed by atoms with Crippen LogP contribution in [0.1, 0.15) is 20.3 Å². The largest absolute Gasteiger partial charge is 0.309 e. The van der Waals surface area contributed by atoms with Gasteiger partial charge in [0.05, 0.1) is 0 Å². The molecule has 0 unspecified atom stereocenters. The molecule has 0 bridgehead atoms. The molecule has 0 fully saturated rings. The molecule has 0 aromatic heterocycles. The van der Waals surface area contributed by atoms with Crippen molar-refractivity contribution >= 4 is 6.21 Å². The van der Waals surface area contributed by atoms with E-state index in [0.29, 0.717) is 0 Å². The van der Waals surface area contributed by atoms with Crippen molar-refractivity contribution in [2.24, 2.45) is 0 Å². The van der Waals surface area contributed by atoms with E-state index in [0.717, 1.165) is 6.42 Å². The molecule has 50 valence electrons. The minimum absolute atomic E-state index is 0.964. The molecule has 1 heteroatoms. The normalized spacial score (nSPS) is 12.4. The summed E-state index contributed by atoms with van der Waals surface area (Å²) in [5.74, 6) is 0. The van der Waals surface area contributed by atoms with E-state index >= 15 is 0 Å². The summed E-state index contributed by atoms with van der Waals surface area (Å²) in [5.41, 5.74) is 1.23. The molecule has 0 rings (SSSR count). The highest BCUT2D eigenvalue weighted by molar-refractivity contribution is 5.68. The van der Waals surface area contributed by atoms with Crippen molar-refractivity contribution in [3.05, 3.63) is 23.8 Å². The minimum atomic E-state index is 0.964. The lowest BCUT2D eigenvalue weighted by atomic mass is 10.2. The van der Waals surface area contributed by atoms with Gasteiger partial charge < -0.3 is 5.41 Å². The van der Waals surface area contributed by atoms with E-state index in [1.807, 2.05) is 19.9 Å². The van der Waals surface area contributed by atoms with Gasteiger partial charge in [-0.3, -0.25) is 0 Å². The Hall–Kier alpha value is -0.850.